The summed E-state index contributed by atoms with van der Waals surface area (Å²) in [6, 6.07) is 7.11. The first-order valence-corrected chi connectivity index (χ1v) is 13.5. The first kappa shape index (κ1) is 27.6. The number of hydrogen-bond acceptors (Lipinski definition) is 9. The summed E-state index contributed by atoms with van der Waals surface area (Å²) in [5.74, 6) is -0.737. The van der Waals surface area contributed by atoms with Crippen LogP contribution >= 0.6 is 11.8 Å². The van der Waals surface area contributed by atoms with Crippen LogP contribution in [-0.2, 0) is 27.3 Å². The van der Waals surface area contributed by atoms with E-state index >= 15 is 0 Å². The van der Waals surface area contributed by atoms with Gasteiger partial charge in [-0.05, 0) is 52.8 Å². The van der Waals surface area contributed by atoms with E-state index in [-0.39, 0.29) is 35.4 Å². The van der Waals surface area contributed by atoms with Gasteiger partial charge in [-0.3, -0.25) is 19.3 Å². The zero-order valence-electron chi connectivity index (χ0n) is 21.5. The minimum atomic E-state index is -0.910. The second kappa shape index (κ2) is 11.9. The van der Waals surface area contributed by atoms with Gasteiger partial charge < -0.3 is 14.7 Å². The van der Waals surface area contributed by atoms with E-state index in [9.17, 15) is 19.2 Å². The lowest BCUT2D eigenvalue weighted by molar-refractivity contribution is -0.152. The molecule has 2 aliphatic rings. The van der Waals surface area contributed by atoms with Crippen LogP contribution in [0.4, 0.5) is 4.79 Å². The van der Waals surface area contributed by atoms with E-state index < -0.39 is 12.1 Å². The van der Waals surface area contributed by atoms with Gasteiger partial charge >= 0.3 is 12.1 Å². The fraction of sp³-hybridized carbons (Fsp3) is 0.560. The molecule has 0 saturated carbocycles. The number of amides is 3. The van der Waals surface area contributed by atoms with E-state index in [1.807, 2.05) is 26.0 Å². The number of piperidine rings is 2. The Morgan fingerprint density at radius 1 is 1.08 bits per heavy atom. The number of aromatic nitrogens is 4. The number of carbonyl (C=O) groups excluding carboxylic acids is 3. The van der Waals surface area contributed by atoms with Gasteiger partial charge in [-0.1, -0.05) is 37.7 Å². The Morgan fingerprint density at radius 2 is 1.74 bits per heavy atom. The normalized spacial score (nSPS) is 18.1. The van der Waals surface area contributed by atoms with Crippen LogP contribution in [0.3, 0.4) is 0 Å². The molecule has 1 aromatic heterocycles. The van der Waals surface area contributed by atoms with Crippen molar-refractivity contribution in [1.29, 1.82) is 0 Å². The highest BCUT2D eigenvalue weighted by molar-refractivity contribution is 7.99. The van der Waals surface area contributed by atoms with Gasteiger partial charge in [-0.25, -0.2) is 9.48 Å². The number of hydrogen-bond donors (Lipinski definition) is 1. The van der Waals surface area contributed by atoms with Crippen LogP contribution in [0.2, 0.25) is 0 Å². The highest BCUT2D eigenvalue weighted by Gasteiger charge is 2.37. The van der Waals surface area contributed by atoms with Crippen molar-refractivity contribution < 1.29 is 29.0 Å². The number of tetrazole rings is 1. The third-order valence-electron chi connectivity index (χ3n) is 6.62. The largest absolute Gasteiger partial charge is 0.481 e. The van der Waals surface area contributed by atoms with Gasteiger partial charge in [0.2, 0.25) is 17.0 Å². The summed E-state index contributed by atoms with van der Waals surface area (Å²) in [7, 11) is 0. The summed E-state index contributed by atoms with van der Waals surface area (Å²) >= 11 is 1.49. The number of carboxylic acid groups (broad SMARTS) is 1. The molecule has 0 spiro atoms. The highest BCUT2D eigenvalue weighted by atomic mass is 32.2. The molecule has 38 heavy (non-hydrogen) atoms. The number of benzene rings is 1. The number of imide groups is 1. The van der Waals surface area contributed by atoms with E-state index in [1.54, 1.807) is 17.0 Å². The number of thioether (sulfide) groups is 1. The quantitative estimate of drug-likeness (QED) is 0.467. The van der Waals surface area contributed by atoms with E-state index in [4.69, 9.17) is 9.84 Å². The predicted octanol–water partition coefficient (Wildman–Crippen LogP) is 2.62. The lowest BCUT2D eigenvalue weighted by Gasteiger charge is -2.34. The number of rotatable bonds is 9. The molecule has 12 nitrogen and oxygen atoms in total. The molecule has 0 unspecified atom stereocenters. The maximum Gasteiger partial charge on any atom is 0.415 e. The van der Waals surface area contributed by atoms with Crippen molar-refractivity contribution in [1.82, 2.24) is 30.0 Å². The average Bonchev–Trinajstić information content (AvgIpc) is 3.29. The van der Waals surface area contributed by atoms with Crippen molar-refractivity contribution in [2.45, 2.75) is 69.3 Å². The minimum Gasteiger partial charge on any atom is -0.481 e. The number of carboxylic acids is 1. The first-order chi connectivity index (χ1) is 18.1. The van der Waals surface area contributed by atoms with Crippen LogP contribution < -0.4 is 4.74 Å². The molecule has 2 aromatic rings. The number of likely N-dealkylation sites (tertiary alicyclic amines) is 2. The van der Waals surface area contributed by atoms with Crippen molar-refractivity contribution in [3.05, 3.63) is 29.8 Å². The van der Waals surface area contributed by atoms with Crippen LogP contribution in [0.25, 0.3) is 0 Å². The zero-order valence-corrected chi connectivity index (χ0v) is 22.4. The summed E-state index contributed by atoms with van der Waals surface area (Å²) < 4.78 is 7.04. The topological polar surface area (TPSA) is 148 Å². The average molecular weight is 545 g/mol. The molecule has 0 aliphatic carbocycles. The molecule has 13 heteroatoms. The number of nitrogens with zero attached hydrogens (tertiary/aromatic N) is 6. The summed E-state index contributed by atoms with van der Waals surface area (Å²) in [6.45, 7) is 5.47. The summed E-state index contributed by atoms with van der Waals surface area (Å²) in [5.41, 5.74) is 0.658. The van der Waals surface area contributed by atoms with E-state index in [0.29, 0.717) is 49.8 Å². The van der Waals surface area contributed by atoms with Gasteiger partial charge in [-0.15, -0.1) is 5.10 Å². The second-order valence-corrected chi connectivity index (χ2v) is 11.6. The summed E-state index contributed by atoms with van der Waals surface area (Å²) in [5, 5.41) is 21.1. The molecule has 4 rings (SSSR count). The Hall–Kier alpha value is -3.48. The Balaban J connectivity index is 1.21. The third-order valence-corrected chi connectivity index (χ3v) is 7.93. The first-order valence-electron chi connectivity index (χ1n) is 12.6. The van der Waals surface area contributed by atoms with Crippen LogP contribution in [0.5, 0.6) is 5.75 Å². The SMILES string of the molecule is CC1(C)CC(=O)N(CCc2ccc(OC(=O)N3CCC(Sc4nnnn4CCC(=O)O)CC3)cc2)C(=O)C1. The van der Waals surface area contributed by atoms with Crippen LogP contribution in [0.1, 0.15) is 51.5 Å². The van der Waals surface area contributed by atoms with Gasteiger partial charge in [0, 0.05) is 37.7 Å². The molecule has 1 aromatic carbocycles. The second-order valence-electron chi connectivity index (χ2n) is 10.4. The van der Waals surface area contributed by atoms with Crippen molar-refractivity contribution in [3.63, 3.8) is 0 Å². The Bertz CT molecular complexity index is 1160. The fourth-order valence-corrected chi connectivity index (χ4v) is 5.60. The lowest BCUT2D eigenvalue weighted by atomic mass is 9.81. The van der Waals surface area contributed by atoms with Gasteiger partial charge in [0.05, 0.1) is 13.0 Å². The van der Waals surface area contributed by atoms with Crippen LogP contribution in [-0.4, -0.2) is 83.9 Å². The summed E-state index contributed by atoms with van der Waals surface area (Å²) in [4.78, 5) is 51.2. The van der Waals surface area contributed by atoms with E-state index in [1.165, 1.54) is 21.3 Å². The monoisotopic (exact) mass is 544 g/mol. The number of carbonyl (C=O) groups is 4. The molecule has 3 heterocycles. The highest BCUT2D eigenvalue weighted by Crippen LogP contribution is 2.32. The molecule has 0 radical (unpaired) electrons. The minimum absolute atomic E-state index is 0.0554. The molecule has 0 atom stereocenters. The number of ether oxygens (including phenoxy) is 1. The molecule has 2 fully saturated rings. The third kappa shape index (κ3) is 7.30. The molecular formula is C25H32N6O6S. The van der Waals surface area contributed by atoms with Crippen LogP contribution in [0.15, 0.2) is 29.4 Å². The zero-order chi connectivity index (χ0) is 27.3. The molecule has 204 valence electrons. The summed E-state index contributed by atoms with van der Waals surface area (Å²) in [6.07, 6.45) is 2.27. The van der Waals surface area contributed by atoms with Crippen LogP contribution in [0, 0.1) is 5.41 Å². The van der Waals surface area contributed by atoms with Gasteiger partial charge in [-0.2, -0.15) is 0 Å². The number of aryl methyl sites for hydroxylation is 1. The van der Waals surface area contributed by atoms with Crippen molar-refractivity contribution in [3.8, 4) is 5.75 Å². The fourth-order valence-electron chi connectivity index (χ4n) is 4.52. The Morgan fingerprint density at radius 3 is 2.37 bits per heavy atom. The molecule has 0 bridgehead atoms. The van der Waals surface area contributed by atoms with E-state index in [0.717, 1.165) is 18.4 Å². The van der Waals surface area contributed by atoms with Crippen molar-refractivity contribution in [2.75, 3.05) is 19.6 Å². The van der Waals surface area contributed by atoms with Crippen molar-refractivity contribution >= 4 is 35.6 Å². The predicted molar refractivity (Wildman–Crippen MR) is 136 cm³/mol. The maximum absolute atomic E-state index is 12.7. The smallest absolute Gasteiger partial charge is 0.415 e. The van der Waals surface area contributed by atoms with Gasteiger partial charge in [0.15, 0.2) is 0 Å². The molecule has 3 amide bonds. The Kier molecular flexibility index (Phi) is 8.65. The van der Waals surface area contributed by atoms with Gasteiger partial charge in [0.25, 0.3) is 0 Å². The lowest BCUT2D eigenvalue weighted by Crippen LogP contribution is -2.46. The number of aliphatic carboxylic acids is 1. The standard InChI is InChI=1S/C25H32N6O6S/c1-25(2)15-20(32)30(21(33)16-25)13-7-17-3-5-18(6-4-17)37-24(36)29-11-8-19(9-12-29)38-23-26-27-28-31(23)14-10-22(34)35/h3-6,19H,7-16H2,1-2H3,(H,34,35). The Labute approximate surface area is 224 Å². The molecule has 1 N–H and O–H groups in total. The maximum atomic E-state index is 12.7. The van der Waals surface area contributed by atoms with Gasteiger partial charge in [0.1, 0.15) is 5.75 Å². The molecular weight excluding hydrogens is 512 g/mol. The molecule has 2 aliphatic heterocycles. The van der Waals surface area contributed by atoms with Crippen molar-refractivity contribution in [2.24, 2.45) is 5.41 Å². The van der Waals surface area contributed by atoms with E-state index in [2.05, 4.69) is 15.5 Å². The molecule has 2 saturated heterocycles.